The van der Waals surface area contributed by atoms with Crippen molar-refractivity contribution in [3.63, 3.8) is 0 Å². The number of para-hydroxylation sites is 4. The lowest BCUT2D eigenvalue weighted by Gasteiger charge is -2.16. The van der Waals surface area contributed by atoms with E-state index in [1.807, 2.05) is 46.4 Å². The quantitative estimate of drug-likeness (QED) is 0.308. The van der Waals surface area contributed by atoms with Crippen LogP contribution in [-0.4, -0.2) is 30.6 Å². The van der Waals surface area contributed by atoms with E-state index < -0.39 is 0 Å². The van der Waals surface area contributed by atoms with Crippen molar-refractivity contribution in [2.24, 2.45) is 0 Å². The van der Waals surface area contributed by atoms with Crippen LogP contribution in [0.1, 0.15) is 25.9 Å². The highest BCUT2D eigenvalue weighted by atomic mass is 33.1. The Bertz CT molecular complexity index is 925. The summed E-state index contributed by atoms with van der Waals surface area (Å²) in [6.07, 6.45) is 3.92. The van der Waals surface area contributed by atoms with Crippen LogP contribution in [0.3, 0.4) is 0 Å². The molecular formula is C20H22N4S2. The highest BCUT2D eigenvalue weighted by Gasteiger charge is 2.12. The van der Waals surface area contributed by atoms with Crippen LogP contribution in [0.2, 0.25) is 0 Å². The predicted octanol–water partition coefficient (Wildman–Crippen LogP) is 5.59. The molecule has 0 N–H and O–H groups in total. The Balaban J connectivity index is 1.32. The number of hydrogen-bond donors (Lipinski definition) is 0. The van der Waals surface area contributed by atoms with Crippen LogP contribution in [-0.2, 0) is 0 Å². The van der Waals surface area contributed by atoms with Gasteiger partial charge in [0.15, 0.2) is 0 Å². The van der Waals surface area contributed by atoms with Crippen LogP contribution in [0.15, 0.2) is 61.2 Å². The third-order valence-electron chi connectivity index (χ3n) is 4.61. The first kappa shape index (κ1) is 17.5. The van der Waals surface area contributed by atoms with Gasteiger partial charge in [-0.05, 0) is 38.1 Å². The number of benzene rings is 2. The topological polar surface area (TPSA) is 35.6 Å². The summed E-state index contributed by atoms with van der Waals surface area (Å²) in [6, 6.07) is 17.5. The molecule has 26 heavy (non-hydrogen) atoms. The van der Waals surface area contributed by atoms with Gasteiger partial charge < -0.3 is 9.13 Å². The van der Waals surface area contributed by atoms with Gasteiger partial charge in [0.25, 0.3) is 0 Å². The Hall–Kier alpha value is -1.92. The van der Waals surface area contributed by atoms with Crippen molar-refractivity contribution in [3.8, 4) is 0 Å². The van der Waals surface area contributed by atoms with Crippen LogP contribution in [0, 0.1) is 0 Å². The molecule has 4 rings (SSSR count). The second kappa shape index (κ2) is 7.76. The lowest BCUT2D eigenvalue weighted by molar-refractivity contribution is 0.626. The molecule has 4 aromatic rings. The van der Waals surface area contributed by atoms with E-state index in [1.165, 1.54) is 11.0 Å². The fourth-order valence-electron chi connectivity index (χ4n) is 3.11. The van der Waals surface area contributed by atoms with Crippen molar-refractivity contribution >= 4 is 43.7 Å². The SMILES string of the molecule is CC(CSSCC(C)n1cnc2ccccc21)n1cnc2ccccc21. The van der Waals surface area contributed by atoms with Crippen LogP contribution >= 0.6 is 21.6 Å². The summed E-state index contributed by atoms with van der Waals surface area (Å²) in [5.74, 6) is 2.12. The summed E-state index contributed by atoms with van der Waals surface area (Å²) in [5, 5.41) is 0. The highest BCUT2D eigenvalue weighted by Crippen LogP contribution is 2.31. The summed E-state index contributed by atoms with van der Waals surface area (Å²) in [6.45, 7) is 4.52. The maximum Gasteiger partial charge on any atom is 0.0961 e. The van der Waals surface area contributed by atoms with Gasteiger partial charge in [0.2, 0.25) is 0 Å². The van der Waals surface area contributed by atoms with Gasteiger partial charge in [0, 0.05) is 23.6 Å². The van der Waals surface area contributed by atoms with Crippen molar-refractivity contribution in [2.45, 2.75) is 25.9 Å². The number of fused-ring (bicyclic) bond motifs is 2. The Morgan fingerprint density at radius 2 is 1.15 bits per heavy atom. The van der Waals surface area contributed by atoms with Crippen molar-refractivity contribution in [1.82, 2.24) is 19.1 Å². The van der Waals surface area contributed by atoms with E-state index in [-0.39, 0.29) is 0 Å². The number of imidazole rings is 2. The van der Waals surface area contributed by atoms with E-state index in [2.05, 4.69) is 69.3 Å². The third kappa shape index (κ3) is 3.48. The zero-order valence-corrected chi connectivity index (χ0v) is 16.6. The maximum absolute atomic E-state index is 4.50. The van der Waals surface area contributed by atoms with Crippen molar-refractivity contribution in [3.05, 3.63) is 61.2 Å². The highest BCUT2D eigenvalue weighted by molar-refractivity contribution is 8.76. The van der Waals surface area contributed by atoms with Crippen LogP contribution in [0.25, 0.3) is 22.1 Å². The molecule has 2 atom stereocenters. The molecule has 0 amide bonds. The first-order chi connectivity index (χ1) is 12.7. The van der Waals surface area contributed by atoms with Gasteiger partial charge in [-0.3, -0.25) is 0 Å². The molecule has 2 heterocycles. The number of rotatable bonds is 7. The molecule has 0 aliphatic rings. The molecule has 2 unspecified atom stereocenters. The molecule has 0 bridgehead atoms. The van der Waals surface area contributed by atoms with Gasteiger partial charge in [-0.1, -0.05) is 45.9 Å². The molecule has 0 saturated heterocycles. The molecule has 0 fully saturated rings. The van der Waals surface area contributed by atoms with E-state index in [1.54, 1.807) is 0 Å². The minimum Gasteiger partial charge on any atom is -0.327 e. The van der Waals surface area contributed by atoms with Gasteiger partial charge in [-0.2, -0.15) is 0 Å². The molecule has 0 saturated carbocycles. The van der Waals surface area contributed by atoms with E-state index in [9.17, 15) is 0 Å². The molecule has 2 aromatic heterocycles. The molecule has 4 nitrogen and oxygen atoms in total. The van der Waals surface area contributed by atoms with Crippen molar-refractivity contribution in [1.29, 1.82) is 0 Å². The summed E-state index contributed by atoms with van der Waals surface area (Å²) >= 11 is 0. The summed E-state index contributed by atoms with van der Waals surface area (Å²) < 4.78 is 4.55. The molecule has 0 aliphatic heterocycles. The largest absolute Gasteiger partial charge is 0.327 e. The Morgan fingerprint density at radius 3 is 1.62 bits per heavy atom. The molecule has 0 aliphatic carbocycles. The molecule has 2 aromatic carbocycles. The zero-order chi connectivity index (χ0) is 17.9. The molecule has 0 radical (unpaired) electrons. The van der Waals surface area contributed by atoms with E-state index in [0.29, 0.717) is 12.1 Å². The van der Waals surface area contributed by atoms with Gasteiger partial charge in [-0.25, -0.2) is 9.97 Å². The van der Waals surface area contributed by atoms with Gasteiger partial charge in [0.1, 0.15) is 0 Å². The van der Waals surface area contributed by atoms with Crippen molar-refractivity contribution in [2.75, 3.05) is 11.5 Å². The van der Waals surface area contributed by atoms with E-state index >= 15 is 0 Å². The number of nitrogens with zero attached hydrogens (tertiary/aromatic N) is 4. The van der Waals surface area contributed by atoms with Crippen LogP contribution < -0.4 is 0 Å². The van der Waals surface area contributed by atoms with Gasteiger partial charge >= 0.3 is 0 Å². The normalized spacial score (nSPS) is 14.1. The monoisotopic (exact) mass is 382 g/mol. The fourth-order valence-corrected chi connectivity index (χ4v) is 5.78. The number of aromatic nitrogens is 4. The van der Waals surface area contributed by atoms with Gasteiger partial charge in [0.05, 0.1) is 34.7 Å². The minimum absolute atomic E-state index is 0.421. The summed E-state index contributed by atoms with van der Waals surface area (Å²) in [4.78, 5) is 8.99. The van der Waals surface area contributed by atoms with Crippen molar-refractivity contribution < 1.29 is 0 Å². The second-order valence-electron chi connectivity index (χ2n) is 6.55. The Labute approximate surface area is 161 Å². The fraction of sp³-hybridized carbons (Fsp3) is 0.300. The molecule has 0 spiro atoms. The Morgan fingerprint density at radius 1 is 0.731 bits per heavy atom. The summed E-state index contributed by atoms with van der Waals surface area (Å²) in [7, 11) is 3.87. The standard InChI is InChI=1S/C20H22N4S2/c1-15(23-13-21-17-7-3-5-9-19(17)23)11-25-26-12-16(2)24-14-22-18-8-4-6-10-20(18)24/h3-10,13-16H,11-12H2,1-2H3. The summed E-state index contributed by atoms with van der Waals surface area (Å²) in [5.41, 5.74) is 4.56. The molecular weight excluding hydrogens is 360 g/mol. The van der Waals surface area contributed by atoms with Crippen LogP contribution in [0.4, 0.5) is 0 Å². The average molecular weight is 383 g/mol. The van der Waals surface area contributed by atoms with Crippen LogP contribution in [0.5, 0.6) is 0 Å². The van der Waals surface area contributed by atoms with Gasteiger partial charge in [-0.15, -0.1) is 0 Å². The predicted molar refractivity (Wildman–Crippen MR) is 114 cm³/mol. The average Bonchev–Trinajstić information content (AvgIpc) is 3.29. The maximum atomic E-state index is 4.50. The lowest BCUT2D eigenvalue weighted by Crippen LogP contribution is -2.07. The third-order valence-corrected chi connectivity index (χ3v) is 7.33. The first-order valence-electron chi connectivity index (χ1n) is 8.81. The smallest absolute Gasteiger partial charge is 0.0961 e. The minimum atomic E-state index is 0.421. The number of hydrogen-bond acceptors (Lipinski definition) is 4. The first-order valence-corrected chi connectivity index (χ1v) is 11.3. The molecule has 134 valence electrons. The Kier molecular flexibility index (Phi) is 5.22. The van der Waals surface area contributed by atoms with E-state index in [0.717, 1.165) is 22.5 Å². The second-order valence-corrected chi connectivity index (χ2v) is 9.10. The zero-order valence-electron chi connectivity index (χ0n) is 14.9. The van der Waals surface area contributed by atoms with E-state index in [4.69, 9.17) is 0 Å². The molecule has 6 heteroatoms. The lowest BCUT2D eigenvalue weighted by atomic mass is 10.3.